The van der Waals surface area contributed by atoms with Crippen LogP contribution in [0.2, 0.25) is 0 Å². The van der Waals surface area contributed by atoms with Crippen molar-refractivity contribution < 1.29 is 23.7 Å². The van der Waals surface area contributed by atoms with Gasteiger partial charge < -0.3 is 24.3 Å². The molecule has 154 valence electrons. The van der Waals surface area contributed by atoms with Gasteiger partial charge in [0.05, 0.1) is 14.2 Å². The summed E-state index contributed by atoms with van der Waals surface area (Å²) in [6.07, 6.45) is 4.37. The number of ether oxygens (including phenoxy) is 4. The van der Waals surface area contributed by atoms with E-state index < -0.39 is 0 Å². The van der Waals surface area contributed by atoms with E-state index in [0.717, 1.165) is 37.2 Å². The summed E-state index contributed by atoms with van der Waals surface area (Å²) in [6.45, 7) is 1.72. The third-order valence-corrected chi connectivity index (χ3v) is 5.92. The zero-order valence-corrected chi connectivity index (χ0v) is 17.0. The summed E-state index contributed by atoms with van der Waals surface area (Å²) in [7, 11) is 3.15. The standard InChI is InChI=1S/C23H27NO5/c1-26-18-11-16(12-19(14-18)27-2)22(25)24-15-23(7-3-4-8-23)17-5-6-20-21(13-17)29-10-9-28-20/h5-6,11-14H,3-4,7-10,15H2,1-2H3,(H,24,25). The molecule has 1 aliphatic carbocycles. The van der Waals surface area contributed by atoms with Crippen LogP contribution in [0.3, 0.4) is 0 Å². The summed E-state index contributed by atoms with van der Waals surface area (Å²) in [6, 6.07) is 11.4. The highest BCUT2D eigenvalue weighted by Gasteiger charge is 2.37. The minimum atomic E-state index is -0.133. The van der Waals surface area contributed by atoms with Gasteiger partial charge >= 0.3 is 0 Å². The number of benzene rings is 2. The molecule has 0 saturated heterocycles. The van der Waals surface area contributed by atoms with Crippen LogP contribution in [0.25, 0.3) is 0 Å². The average molecular weight is 397 g/mol. The first-order valence-corrected chi connectivity index (χ1v) is 10.0. The van der Waals surface area contributed by atoms with Crippen LogP contribution in [0, 0.1) is 0 Å². The number of rotatable bonds is 6. The Morgan fingerprint density at radius 2 is 1.62 bits per heavy atom. The number of carbonyl (C=O) groups excluding carboxylic acids is 1. The largest absolute Gasteiger partial charge is 0.497 e. The fraction of sp³-hybridized carbons (Fsp3) is 0.435. The highest BCUT2D eigenvalue weighted by atomic mass is 16.6. The fourth-order valence-electron chi connectivity index (χ4n) is 4.28. The first-order valence-electron chi connectivity index (χ1n) is 10.0. The van der Waals surface area contributed by atoms with E-state index in [2.05, 4.69) is 17.4 Å². The van der Waals surface area contributed by atoms with E-state index in [9.17, 15) is 4.79 Å². The number of amides is 1. The van der Waals surface area contributed by atoms with Gasteiger partial charge in [-0.3, -0.25) is 4.79 Å². The lowest BCUT2D eigenvalue weighted by atomic mass is 9.78. The molecule has 0 bridgehead atoms. The molecular formula is C23H27NO5. The number of fused-ring (bicyclic) bond motifs is 1. The van der Waals surface area contributed by atoms with Crippen molar-refractivity contribution in [2.45, 2.75) is 31.1 Å². The second kappa shape index (κ2) is 8.23. The highest BCUT2D eigenvalue weighted by molar-refractivity contribution is 5.95. The second-order valence-electron chi connectivity index (χ2n) is 7.63. The smallest absolute Gasteiger partial charge is 0.251 e. The quantitative estimate of drug-likeness (QED) is 0.805. The van der Waals surface area contributed by atoms with E-state index in [1.165, 1.54) is 5.56 Å². The summed E-state index contributed by atoms with van der Waals surface area (Å²) >= 11 is 0. The average Bonchev–Trinajstić information content (AvgIpc) is 3.27. The molecule has 1 N–H and O–H groups in total. The zero-order chi connectivity index (χ0) is 20.3. The fourth-order valence-corrected chi connectivity index (χ4v) is 4.28. The Morgan fingerprint density at radius 1 is 0.966 bits per heavy atom. The first-order chi connectivity index (χ1) is 14.1. The van der Waals surface area contributed by atoms with Crippen LogP contribution >= 0.6 is 0 Å². The Balaban J connectivity index is 1.54. The first kappa shape index (κ1) is 19.4. The van der Waals surface area contributed by atoms with Crippen LogP contribution in [-0.2, 0) is 5.41 Å². The summed E-state index contributed by atoms with van der Waals surface area (Å²) in [5, 5.41) is 3.14. The lowest BCUT2D eigenvalue weighted by molar-refractivity contribution is 0.0942. The molecule has 2 aliphatic rings. The molecule has 0 radical (unpaired) electrons. The third kappa shape index (κ3) is 3.97. The monoisotopic (exact) mass is 397 g/mol. The molecule has 0 unspecified atom stereocenters. The lowest BCUT2D eigenvalue weighted by Gasteiger charge is -2.31. The van der Waals surface area contributed by atoms with Crippen molar-refractivity contribution in [3.05, 3.63) is 47.5 Å². The number of methoxy groups -OCH3 is 2. The number of hydrogen-bond acceptors (Lipinski definition) is 5. The van der Waals surface area contributed by atoms with Crippen LogP contribution in [0.1, 0.15) is 41.6 Å². The number of hydrogen-bond donors (Lipinski definition) is 1. The molecule has 6 nitrogen and oxygen atoms in total. The normalized spacial score (nSPS) is 16.9. The van der Waals surface area contributed by atoms with Crippen molar-refractivity contribution in [1.29, 1.82) is 0 Å². The molecule has 0 aromatic heterocycles. The van der Waals surface area contributed by atoms with E-state index in [1.807, 2.05) is 6.07 Å². The van der Waals surface area contributed by atoms with Crippen LogP contribution in [-0.4, -0.2) is 39.9 Å². The molecule has 2 aromatic rings. The SMILES string of the molecule is COc1cc(OC)cc(C(=O)NCC2(c3ccc4c(c3)OCCO4)CCCC2)c1. The van der Waals surface area contributed by atoms with Crippen LogP contribution in [0.5, 0.6) is 23.0 Å². The number of carbonyl (C=O) groups is 1. The molecule has 1 heterocycles. The summed E-state index contributed by atoms with van der Waals surface area (Å²) in [5.41, 5.74) is 1.63. The van der Waals surface area contributed by atoms with E-state index in [1.54, 1.807) is 32.4 Å². The van der Waals surface area contributed by atoms with Gasteiger partial charge in [-0.2, -0.15) is 0 Å². The predicted molar refractivity (Wildman–Crippen MR) is 109 cm³/mol. The Bertz CT molecular complexity index is 867. The van der Waals surface area contributed by atoms with Crippen molar-refractivity contribution in [1.82, 2.24) is 5.32 Å². The van der Waals surface area contributed by atoms with Gasteiger partial charge in [0.2, 0.25) is 0 Å². The van der Waals surface area contributed by atoms with E-state index in [-0.39, 0.29) is 11.3 Å². The third-order valence-electron chi connectivity index (χ3n) is 5.92. The zero-order valence-electron chi connectivity index (χ0n) is 17.0. The number of nitrogens with one attached hydrogen (secondary N) is 1. The second-order valence-corrected chi connectivity index (χ2v) is 7.63. The van der Waals surface area contributed by atoms with E-state index in [4.69, 9.17) is 18.9 Å². The Kier molecular flexibility index (Phi) is 5.51. The van der Waals surface area contributed by atoms with Crippen LogP contribution in [0.15, 0.2) is 36.4 Å². The van der Waals surface area contributed by atoms with Crippen LogP contribution in [0.4, 0.5) is 0 Å². The molecule has 1 fully saturated rings. The molecule has 4 rings (SSSR count). The molecule has 0 spiro atoms. The van der Waals surface area contributed by atoms with Gasteiger partial charge in [-0.25, -0.2) is 0 Å². The Morgan fingerprint density at radius 3 is 2.28 bits per heavy atom. The maximum Gasteiger partial charge on any atom is 0.251 e. The van der Waals surface area contributed by atoms with Gasteiger partial charge in [-0.05, 0) is 42.7 Å². The molecule has 29 heavy (non-hydrogen) atoms. The molecule has 6 heteroatoms. The van der Waals surface area contributed by atoms with Gasteiger partial charge in [0.15, 0.2) is 11.5 Å². The minimum Gasteiger partial charge on any atom is -0.497 e. The van der Waals surface area contributed by atoms with Crippen LogP contribution < -0.4 is 24.3 Å². The molecule has 1 aliphatic heterocycles. The molecule has 2 aromatic carbocycles. The minimum absolute atomic E-state index is 0.0888. The Labute approximate surface area is 171 Å². The molecule has 0 atom stereocenters. The molecule has 1 saturated carbocycles. The summed E-state index contributed by atoms with van der Waals surface area (Å²) in [4.78, 5) is 12.9. The van der Waals surface area contributed by atoms with Gasteiger partial charge in [0.1, 0.15) is 24.7 Å². The molecular weight excluding hydrogens is 370 g/mol. The summed E-state index contributed by atoms with van der Waals surface area (Å²) < 4.78 is 22.0. The van der Waals surface area contributed by atoms with Gasteiger partial charge in [0, 0.05) is 23.6 Å². The van der Waals surface area contributed by atoms with E-state index in [0.29, 0.717) is 36.8 Å². The van der Waals surface area contributed by atoms with Crippen molar-refractivity contribution >= 4 is 5.91 Å². The van der Waals surface area contributed by atoms with Crippen molar-refractivity contribution in [3.63, 3.8) is 0 Å². The molecule has 1 amide bonds. The summed E-state index contributed by atoms with van der Waals surface area (Å²) in [5.74, 6) is 2.64. The maximum atomic E-state index is 12.9. The Hall–Kier alpha value is -2.89. The topological polar surface area (TPSA) is 66.0 Å². The van der Waals surface area contributed by atoms with E-state index >= 15 is 0 Å². The maximum absolute atomic E-state index is 12.9. The van der Waals surface area contributed by atoms with Gasteiger partial charge in [-0.1, -0.05) is 18.9 Å². The van der Waals surface area contributed by atoms with Crippen molar-refractivity contribution in [2.24, 2.45) is 0 Å². The lowest BCUT2D eigenvalue weighted by Crippen LogP contribution is -2.39. The predicted octanol–water partition coefficient (Wildman–Crippen LogP) is 3.72. The van der Waals surface area contributed by atoms with Crippen molar-refractivity contribution in [2.75, 3.05) is 34.0 Å². The van der Waals surface area contributed by atoms with Gasteiger partial charge in [-0.15, -0.1) is 0 Å². The highest BCUT2D eigenvalue weighted by Crippen LogP contribution is 2.44. The van der Waals surface area contributed by atoms with Gasteiger partial charge in [0.25, 0.3) is 5.91 Å². The van der Waals surface area contributed by atoms with Crippen molar-refractivity contribution in [3.8, 4) is 23.0 Å².